The molecule has 1 fully saturated rings. The Morgan fingerprint density at radius 3 is 2.91 bits per heavy atom. The third-order valence-electron chi connectivity index (χ3n) is 2.04. The molecule has 0 saturated carbocycles. The summed E-state index contributed by atoms with van der Waals surface area (Å²) in [6.45, 7) is 4.52. The number of hydrogen-bond donors (Lipinski definition) is 1. The fourth-order valence-corrected chi connectivity index (χ4v) is 1.51. The van der Waals surface area contributed by atoms with E-state index in [0.29, 0.717) is 0 Å². The number of guanidine groups is 1. The van der Waals surface area contributed by atoms with Crippen LogP contribution < -0.4 is 5.32 Å². The molecule has 1 saturated heterocycles. The van der Waals surface area contributed by atoms with Gasteiger partial charge in [-0.1, -0.05) is 0 Å². The van der Waals surface area contributed by atoms with Gasteiger partial charge in [0.25, 0.3) is 0 Å². The quantitative estimate of drug-likeness (QED) is 0.602. The van der Waals surface area contributed by atoms with Crippen molar-refractivity contribution in [3.63, 3.8) is 0 Å². The molecule has 4 heteroatoms. The topological polar surface area (TPSA) is 27.6 Å². The molecule has 4 radical (unpaired) electrons. The first-order chi connectivity index (χ1) is 4.97. The standard InChI is InChI=1S/C7H13N3.Sn/c1-3-8-7-9-4-2-6-10(7)5-1;/h1-6H2,(H,8,9);. The molecule has 11 heavy (non-hydrogen) atoms. The van der Waals surface area contributed by atoms with Gasteiger partial charge in [0.15, 0.2) is 5.96 Å². The predicted octanol–water partition coefficient (Wildman–Crippen LogP) is -0.339. The number of nitrogens with one attached hydrogen (secondary N) is 1. The van der Waals surface area contributed by atoms with Gasteiger partial charge in [0.1, 0.15) is 0 Å². The minimum atomic E-state index is 0. The van der Waals surface area contributed by atoms with Crippen molar-refractivity contribution in [2.75, 3.05) is 26.2 Å². The second-order valence-electron chi connectivity index (χ2n) is 2.83. The predicted molar refractivity (Wildman–Crippen MR) is 46.9 cm³/mol. The van der Waals surface area contributed by atoms with Crippen LogP contribution in [0.2, 0.25) is 0 Å². The van der Waals surface area contributed by atoms with E-state index in [-0.39, 0.29) is 23.9 Å². The summed E-state index contributed by atoms with van der Waals surface area (Å²) in [6, 6.07) is 0. The Bertz CT molecular complexity index is 158. The summed E-state index contributed by atoms with van der Waals surface area (Å²) < 4.78 is 0. The van der Waals surface area contributed by atoms with E-state index < -0.39 is 0 Å². The molecule has 0 aromatic heterocycles. The van der Waals surface area contributed by atoms with Gasteiger partial charge < -0.3 is 10.2 Å². The van der Waals surface area contributed by atoms with Crippen LogP contribution in [0.4, 0.5) is 0 Å². The van der Waals surface area contributed by atoms with Crippen LogP contribution in [0.15, 0.2) is 4.99 Å². The zero-order chi connectivity index (χ0) is 6.81. The van der Waals surface area contributed by atoms with Crippen molar-refractivity contribution in [1.29, 1.82) is 0 Å². The van der Waals surface area contributed by atoms with Crippen molar-refractivity contribution >= 4 is 29.9 Å². The first-order valence-electron chi connectivity index (χ1n) is 4.00. The fraction of sp³-hybridized carbons (Fsp3) is 0.857. The molecule has 2 aliphatic rings. The summed E-state index contributed by atoms with van der Waals surface area (Å²) in [4.78, 5) is 6.72. The van der Waals surface area contributed by atoms with E-state index in [1.54, 1.807) is 0 Å². The van der Waals surface area contributed by atoms with Crippen molar-refractivity contribution in [3.8, 4) is 0 Å². The Labute approximate surface area is 84.2 Å². The van der Waals surface area contributed by atoms with Crippen molar-refractivity contribution in [3.05, 3.63) is 0 Å². The van der Waals surface area contributed by atoms with E-state index >= 15 is 0 Å². The molecule has 60 valence electrons. The Kier molecular flexibility index (Phi) is 3.48. The van der Waals surface area contributed by atoms with E-state index in [0.717, 1.165) is 19.0 Å². The smallest absolute Gasteiger partial charge is 0.193 e. The van der Waals surface area contributed by atoms with Crippen molar-refractivity contribution < 1.29 is 0 Å². The number of hydrogen-bond acceptors (Lipinski definition) is 3. The Morgan fingerprint density at radius 1 is 1.27 bits per heavy atom. The van der Waals surface area contributed by atoms with E-state index in [2.05, 4.69) is 15.2 Å². The van der Waals surface area contributed by atoms with Crippen molar-refractivity contribution in [2.24, 2.45) is 4.99 Å². The number of rotatable bonds is 0. The number of aliphatic imine (C=N–C) groups is 1. The van der Waals surface area contributed by atoms with E-state index in [9.17, 15) is 0 Å². The van der Waals surface area contributed by atoms with Gasteiger partial charge in [0.05, 0.1) is 0 Å². The summed E-state index contributed by atoms with van der Waals surface area (Å²) in [7, 11) is 0. The summed E-state index contributed by atoms with van der Waals surface area (Å²) in [5.74, 6) is 1.14. The third kappa shape index (κ3) is 2.01. The monoisotopic (exact) mass is 259 g/mol. The maximum absolute atomic E-state index is 4.38. The third-order valence-corrected chi connectivity index (χ3v) is 2.04. The fourth-order valence-electron chi connectivity index (χ4n) is 1.51. The van der Waals surface area contributed by atoms with Gasteiger partial charge in [0, 0.05) is 50.1 Å². The van der Waals surface area contributed by atoms with Crippen LogP contribution in [0.1, 0.15) is 12.8 Å². The first-order valence-corrected chi connectivity index (χ1v) is 4.00. The van der Waals surface area contributed by atoms with Gasteiger partial charge >= 0.3 is 0 Å². The summed E-state index contributed by atoms with van der Waals surface area (Å²) in [6.07, 6.45) is 2.49. The van der Waals surface area contributed by atoms with Gasteiger partial charge in [-0.15, -0.1) is 0 Å². The number of nitrogens with zero attached hydrogens (tertiary/aromatic N) is 2. The molecule has 3 nitrogen and oxygen atoms in total. The summed E-state index contributed by atoms with van der Waals surface area (Å²) in [5.41, 5.74) is 0. The van der Waals surface area contributed by atoms with Crippen molar-refractivity contribution in [1.82, 2.24) is 10.2 Å². The minimum absolute atomic E-state index is 0. The van der Waals surface area contributed by atoms with Gasteiger partial charge in [-0.3, -0.25) is 4.99 Å². The zero-order valence-electron chi connectivity index (χ0n) is 6.64. The van der Waals surface area contributed by atoms with Gasteiger partial charge in [-0.2, -0.15) is 0 Å². The molecule has 0 unspecified atom stereocenters. The Morgan fingerprint density at radius 2 is 2.09 bits per heavy atom. The zero-order valence-corrected chi connectivity index (χ0v) is 9.49. The maximum atomic E-state index is 4.38. The van der Waals surface area contributed by atoms with Crippen LogP contribution in [0.5, 0.6) is 0 Å². The number of fused-ring (bicyclic) bond motifs is 1. The second-order valence-corrected chi connectivity index (χ2v) is 2.83. The minimum Gasteiger partial charge on any atom is -0.356 e. The van der Waals surface area contributed by atoms with Crippen LogP contribution in [-0.4, -0.2) is 60.9 Å². The van der Waals surface area contributed by atoms with Crippen molar-refractivity contribution in [2.45, 2.75) is 12.8 Å². The van der Waals surface area contributed by atoms with E-state index in [1.165, 1.54) is 25.9 Å². The second kappa shape index (κ2) is 4.18. The molecule has 0 amide bonds. The molecule has 0 atom stereocenters. The largest absolute Gasteiger partial charge is 0.356 e. The average molecular weight is 258 g/mol. The molecule has 0 spiro atoms. The average Bonchev–Trinajstić information content (AvgIpc) is 2.05. The van der Waals surface area contributed by atoms with Crippen LogP contribution in [0, 0.1) is 0 Å². The molecule has 2 heterocycles. The molecule has 0 aliphatic carbocycles. The van der Waals surface area contributed by atoms with Crippen LogP contribution >= 0.6 is 0 Å². The normalized spacial score (nSPS) is 22.5. The maximum Gasteiger partial charge on any atom is 0.193 e. The molecular weight excluding hydrogens is 245 g/mol. The van der Waals surface area contributed by atoms with Crippen LogP contribution in [0.25, 0.3) is 0 Å². The van der Waals surface area contributed by atoms with E-state index in [4.69, 9.17) is 0 Å². The SMILES string of the molecule is C1CN=C2NCCCN2C1.[Sn]. The van der Waals surface area contributed by atoms with Gasteiger partial charge in [-0.05, 0) is 12.8 Å². The first kappa shape index (κ1) is 9.16. The van der Waals surface area contributed by atoms with Crippen LogP contribution in [0.3, 0.4) is 0 Å². The molecule has 2 aliphatic heterocycles. The van der Waals surface area contributed by atoms with E-state index in [1.807, 2.05) is 0 Å². The Hall–Kier alpha value is 0.0687. The van der Waals surface area contributed by atoms with Crippen LogP contribution in [-0.2, 0) is 0 Å². The summed E-state index contributed by atoms with van der Waals surface area (Å²) >= 11 is 0. The molecular formula is C7H13N3Sn. The molecule has 0 aromatic carbocycles. The molecule has 2 rings (SSSR count). The molecule has 1 N–H and O–H groups in total. The summed E-state index contributed by atoms with van der Waals surface area (Å²) in [5, 5.41) is 3.30. The van der Waals surface area contributed by atoms with Gasteiger partial charge in [-0.25, -0.2) is 0 Å². The molecule has 0 bridgehead atoms. The Balaban J connectivity index is 0.000000605. The van der Waals surface area contributed by atoms with Gasteiger partial charge in [0.2, 0.25) is 0 Å². The molecule has 0 aromatic rings.